The molecule has 116 valence electrons. The van der Waals surface area contributed by atoms with Crippen molar-refractivity contribution in [3.05, 3.63) is 65.7 Å². The van der Waals surface area contributed by atoms with Crippen LogP contribution in [0, 0.1) is 0 Å². The molecule has 0 spiro atoms. The van der Waals surface area contributed by atoms with E-state index in [0.29, 0.717) is 19.7 Å². The Kier molecular flexibility index (Phi) is 5.83. The zero-order valence-corrected chi connectivity index (χ0v) is 13.1. The average Bonchev–Trinajstić information content (AvgIpc) is 2.55. The number of amides is 2. The van der Waals surface area contributed by atoms with Gasteiger partial charge in [0.1, 0.15) is 5.75 Å². The number of urea groups is 1. The summed E-state index contributed by atoms with van der Waals surface area (Å²) in [5.74, 6) is 0.849. The SMILES string of the molecule is CCOc1ccc(CN(C)C(=O)NCc2ccccc2)cc1. The van der Waals surface area contributed by atoms with Crippen molar-refractivity contribution in [3.8, 4) is 5.75 Å². The molecule has 0 atom stereocenters. The van der Waals surface area contributed by atoms with Gasteiger partial charge in [-0.1, -0.05) is 42.5 Å². The van der Waals surface area contributed by atoms with Crippen LogP contribution in [0.3, 0.4) is 0 Å². The number of carbonyl (C=O) groups excluding carboxylic acids is 1. The minimum atomic E-state index is -0.0854. The van der Waals surface area contributed by atoms with Crippen LogP contribution in [-0.4, -0.2) is 24.6 Å². The van der Waals surface area contributed by atoms with Crippen molar-refractivity contribution >= 4 is 6.03 Å². The van der Waals surface area contributed by atoms with Crippen LogP contribution in [0.15, 0.2) is 54.6 Å². The Hall–Kier alpha value is -2.49. The van der Waals surface area contributed by atoms with Crippen LogP contribution in [0.5, 0.6) is 5.75 Å². The van der Waals surface area contributed by atoms with E-state index in [1.54, 1.807) is 11.9 Å². The number of nitrogens with zero attached hydrogens (tertiary/aromatic N) is 1. The van der Waals surface area contributed by atoms with Gasteiger partial charge in [-0.05, 0) is 30.2 Å². The van der Waals surface area contributed by atoms with Gasteiger partial charge in [0.05, 0.1) is 6.61 Å². The summed E-state index contributed by atoms with van der Waals surface area (Å²) in [4.78, 5) is 13.7. The van der Waals surface area contributed by atoms with Gasteiger partial charge in [0.25, 0.3) is 0 Å². The number of benzene rings is 2. The summed E-state index contributed by atoms with van der Waals surface area (Å²) >= 11 is 0. The van der Waals surface area contributed by atoms with Gasteiger partial charge < -0.3 is 15.0 Å². The molecule has 2 aromatic rings. The normalized spacial score (nSPS) is 10.1. The molecule has 2 aromatic carbocycles. The lowest BCUT2D eigenvalue weighted by atomic mass is 10.2. The van der Waals surface area contributed by atoms with Crippen LogP contribution >= 0.6 is 0 Å². The molecule has 0 aromatic heterocycles. The van der Waals surface area contributed by atoms with Crippen LogP contribution in [0.25, 0.3) is 0 Å². The Bertz CT molecular complexity index is 582. The van der Waals surface area contributed by atoms with Gasteiger partial charge >= 0.3 is 6.03 Å². The van der Waals surface area contributed by atoms with Gasteiger partial charge in [-0.15, -0.1) is 0 Å². The zero-order valence-electron chi connectivity index (χ0n) is 13.1. The summed E-state index contributed by atoms with van der Waals surface area (Å²) in [5, 5.41) is 2.91. The summed E-state index contributed by atoms with van der Waals surface area (Å²) in [6.45, 7) is 3.71. The van der Waals surface area contributed by atoms with Crippen molar-refractivity contribution in [1.82, 2.24) is 10.2 Å². The van der Waals surface area contributed by atoms with Gasteiger partial charge in [-0.2, -0.15) is 0 Å². The molecule has 0 heterocycles. The van der Waals surface area contributed by atoms with Crippen molar-refractivity contribution in [1.29, 1.82) is 0 Å². The number of hydrogen-bond acceptors (Lipinski definition) is 2. The molecule has 0 saturated heterocycles. The third-order valence-electron chi connectivity index (χ3n) is 3.29. The summed E-state index contributed by atoms with van der Waals surface area (Å²) in [7, 11) is 1.79. The summed E-state index contributed by atoms with van der Waals surface area (Å²) in [5.41, 5.74) is 2.16. The molecule has 0 aliphatic carbocycles. The molecule has 2 rings (SSSR count). The van der Waals surface area contributed by atoms with Gasteiger partial charge in [0.15, 0.2) is 0 Å². The first kappa shape index (κ1) is 15.9. The quantitative estimate of drug-likeness (QED) is 0.887. The second kappa shape index (κ2) is 8.08. The Balaban J connectivity index is 1.83. The van der Waals surface area contributed by atoms with E-state index in [1.165, 1.54) is 0 Å². The average molecular weight is 298 g/mol. The molecular weight excluding hydrogens is 276 g/mol. The monoisotopic (exact) mass is 298 g/mol. The van der Waals surface area contributed by atoms with Gasteiger partial charge in [-0.25, -0.2) is 4.79 Å². The smallest absolute Gasteiger partial charge is 0.317 e. The van der Waals surface area contributed by atoms with E-state index in [1.807, 2.05) is 61.5 Å². The Morgan fingerprint density at radius 2 is 1.73 bits per heavy atom. The fourth-order valence-corrected chi connectivity index (χ4v) is 2.11. The topological polar surface area (TPSA) is 41.6 Å². The fraction of sp³-hybridized carbons (Fsp3) is 0.278. The number of carbonyl (C=O) groups is 1. The molecule has 22 heavy (non-hydrogen) atoms. The van der Waals surface area contributed by atoms with Gasteiger partial charge in [0, 0.05) is 20.1 Å². The Morgan fingerprint density at radius 1 is 1.05 bits per heavy atom. The molecule has 4 heteroatoms. The predicted molar refractivity (Wildman–Crippen MR) is 87.8 cm³/mol. The van der Waals surface area contributed by atoms with E-state index >= 15 is 0 Å². The summed E-state index contributed by atoms with van der Waals surface area (Å²) < 4.78 is 5.41. The zero-order chi connectivity index (χ0) is 15.8. The largest absolute Gasteiger partial charge is 0.494 e. The number of rotatable bonds is 6. The fourth-order valence-electron chi connectivity index (χ4n) is 2.11. The third-order valence-corrected chi connectivity index (χ3v) is 3.29. The van der Waals surface area contributed by atoms with Crippen molar-refractivity contribution in [2.75, 3.05) is 13.7 Å². The van der Waals surface area contributed by atoms with Crippen molar-refractivity contribution < 1.29 is 9.53 Å². The highest BCUT2D eigenvalue weighted by Crippen LogP contribution is 2.13. The molecule has 0 aliphatic heterocycles. The van der Waals surface area contributed by atoms with Gasteiger partial charge in [0.2, 0.25) is 0 Å². The summed E-state index contributed by atoms with van der Waals surface area (Å²) in [6, 6.07) is 17.6. The maximum Gasteiger partial charge on any atom is 0.317 e. The molecule has 0 radical (unpaired) electrons. The minimum absolute atomic E-state index is 0.0854. The van der Waals surface area contributed by atoms with Crippen LogP contribution in [0.1, 0.15) is 18.1 Å². The predicted octanol–water partition coefficient (Wildman–Crippen LogP) is 3.43. The van der Waals surface area contributed by atoms with E-state index in [4.69, 9.17) is 4.74 Å². The van der Waals surface area contributed by atoms with Crippen LogP contribution < -0.4 is 10.1 Å². The molecule has 4 nitrogen and oxygen atoms in total. The van der Waals surface area contributed by atoms with E-state index in [-0.39, 0.29) is 6.03 Å². The standard InChI is InChI=1S/C18H22N2O2/c1-3-22-17-11-9-16(10-12-17)14-20(2)18(21)19-13-15-7-5-4-6-8-15/h4-12H,3,13-14H2,1-2H3,(H,19,21). The molecule has 0 bridgehead atoms. The van der Waals surface area contributed by atoms with Gasteiger partial charge in [-0.3, -0.25) is 0 Å². The van der Waals surface area contributed by atoms with E-state index < -0.39 is 0 Å². The third kappa shape index (κ3) is 4.81. The van der Waals surface area contributed by atoms with E-state index in [2.05, 4.69) is 5.32 Å². The lowest BCUT2D eigenvalue weighted by Gasteiger charge is -2.18. The van der Waals surface area contributed by atoms with E-state index in [0.717, 1.165) is 16.9 Å². The maximum absolute atomic E-state index is 12.1. The van der Waals surface area contributed by atoms with Crippen LogP contribution in [0.2, 0.25) is 0 Å². The molecule has 0 unspecified atom stereocenters. The Morgan fingerprint density at radius 3 is 2.36 bits per heavy atom. The molecular formula is C18H22N2O2. The lowest BCUT2D eigenvalue weighted by molar-refractivity contribution is 0.206. The summed E-state index contributed by atoms with van der Waals surface area (Å²) in [6.07, 6.45) is 0. The first-order valence-electron chi connectivity index (χ1n) is 7.43. The first-order chi connectivity index (χ1) is 10.7. The first-order valence-corrected chi connectivity index (χ1v) is 7.43. The molecule has 0 saturated carbocycles. The van der Waals surface area contributed by atoms with E-state index in [9.17, 15) is 4.79 Å². The molecule has 0 fully saturated rings. The highest BCUT2D eigenvalue weighted by molar-refractivity contribution is 5.73. The highest BCUT2D eigenvalue weighted by atomic mass is 16.5. The van der Waals surface area contributed by atoms with Crippen molar-refractivity contribution in [3.63, 3.8) is 0 Å². The number of hydrogen-bond donors (Lipinski definition) is 1. The minimum Gasteiger partial charge on any atom is -0.494 e. The molecule has 2 amide bonds. The number of ether oxygens (including phenoxy) is 1. The van der Waals surface area contributed by atoms with Crippen LogP contribution in [-0.2, 0) is 13.1 Å². The van der Waals surface area contributed by atoms with Crippen LogP contribution in [0.4, 0.5) is 4.79 Å². The van der Waals surface area contributed by atoms with Crippen molar-refractivity contribution in [2.45, 2.75) is 20.0 Å². The lowest BCUT2D eigenvalue weighted by Crippen LogP contribution is -2.36. The Labute approximate surface area is 131 Å². The molecule has 0 aliphatic rings. The molecule has 1 N–H and O–H groups in total. The number of nitrogens with one attached hydrogen (secondary N) is 1. The maximum atomic E-state index is 12.1. The second-order valence-electron chi connectivity index (χ2n) is 5.08. The highest BCUT2D eigenvalue weighted by Gasteiger charge is 2.08. The second-order valence-corrected chi connectivity index (χ2v) is 5.08. The van der Waals surface area contributed by atoms with Crippen molar-refractivity contribution in [2.24, 2.45) is 0 Å².